The van der Waals surface area contributed by atoms with Crippen LogP contribution in [-0.4, -0.2) is 5.97 Å². The molecule has 2 nitrogen and oxygen atoms in total. The molecule has 1 aromatic rings. The first-order valence-electron chi connectivity index (χ1n) is 4.34. The highest BCUT2D eigenvalue weighted by molar-refractivity contribution is 9.11. The molecule has 0 radical (unpaired) electrons. The minimum Gasteiger partial charge on any atom is -0.425 e. The Balaban J connectivity index is 2.79. The number of ether oxygens (including phenoxy) is 1. The zero-order valence-electron chi connectivity index (χ0n) is 7.87. The molecule has 0 aliphatic rings. The van der Waals surface area contributed by atoms with Gasteiger partial charge >= 0.3 is 5.97 Å². The summed E-state index contributed by atoms with van der Waals surface area (Å²) >= 11 is 3.17. The van der Waals surface area contributed by atoms with E-state index in [9.17, 15) is 4.79 Å². The summed E-state index contributed by atoms with van der Waals surface area (Å²) in [5.74, 6) is 0.303. The fourth-order valence-electron chi connectivity index (χ4n) is 0.941. The Morgan fingerprint density at radius 1 is 1.43 bits per heavy atom. The molecule has 3 heteroatoms. The summed E-state index contributed by atoms with van der Waals surface area (Å²) in [4.78, 5) is 12.7. The molecule has 0 amide bonds. The highest BCUT2D eigenvalue weighted by Crippen LogP contribution is 2.17. The SMILES string of the molecule is CCC(=O)O/C(=C\Br)c1ccccc1. The van der Waals surface area contributed by atoms with Crippen LogP contribution in [0.2, 0.25) is 0 Å². The van der Waals surface area contributed by atoms with Crippen molar-refractivity contribution in [3.63, 3.8) is 0 Å². The first-order valence-corrected chi connectivity index (χ1v) is 5.26. The van der Waals surface area contributed by atoms with Gasteiger partial charge < -0.3 is 4.74 Å². The summed E-state index contributed by atoms with van der Waals surface area (Å²) < 4.78 is 5.11. The number of carbonyl (C=O) groups is 1. The van der Waals surface area contributed by atoms with E-state index in [0.29, 0.717) is 12.2 Å². The lowest BCUT2D eigenvalue weighted by Crippen LogP contribution is -2.01. The molecule has 0 N–H and O–H groups in total. The summed E-state index contributed by atoms with van der Waals surface area (Å²) in [6.07, 6.45) is 0.372. The lowest BCUT2D eigenvalue weighted by Gasteiger charge is -2.06. The summed E-state index contributed by atoms with van der Waals surface area (Å²) in [5.41, 5.74) is 0.881. The number of rotatable bonds is 3. The van der Waals surface area contributed by atoms with Gasteiger partial charge in [0.2, 0.25) is 0 Å². The van der Waals surface area contributed by atoms with Crippen molar-refractivity contribution < 1.29 is 9.53 Å². The van der Waals surface area contributed by atoms with Crippen molar-refractivity contribution in [3.8, 4) is 0 Å². The molecule has 0 spiro atoms. The van der Waals surface area contributed by atoms with E-state index in [4.69, 9.17) is 4.74 Å². The van der Waals surface area contributed by atoms with E-state index in [1.54, 1.807) is 11.9 Å². The fraction of sp³-hybridized carbons (Fsp3) is 0.182. The van der Waals surface area contributed by atoms with E-state index in [1.165, 1.54) is 0 Å². The third-order valence-corrected chi connectivity index (χ3v) is 2.09. The van der Waals surface area contributed by atoms with Crippen molar-refractivity contribution in [2.75, 3.05) is 0 Å². The van der Waals surface area contributed by atoms with Gasteiger partial charge in [0.05, 0.1) is 0 Å². The van der Waals surface area contributed by atoms with Crippen molar-refractivity contribution >= 4 is 27.7 Å². The number of carbonyl (C=O) groups excluding carboxylic acids is 1. The molecule has 0 aromatic heterocycles. The monoisotopic (exact) mass is 254 g/mol. The number of esters is 1. The van der Waals surface area contributed by atoms with Gasteiger partial charge in [0.15, 0.2) is 0 Å². The van der Waals surface area contributed by atoms with Crippen LogP contribution in [0.25, 0.3) is 5.76 Å². The lowest BCUT2D eigenvalue weighted by atomic mass is 10.2. The predicted molar refractivity (Wildman–Crippen MR) is 59.7 cm³/mol. The zero-order chi connectivity index (χ0) is 10.4. The van der Waals surface area contributed by atoms with E-state index < -0.39 is 0 Å². The molecule has 0 saturated carbocycles. The first-order chi connectivity index (χ1) is 6.77. The minimum atomic E-state index is -0.237. The van der Waals surface area contributed by atoms with E-state index in [2.05, 4.69) is 15.9 Å². The van der Waals surface area contributed by atoms with Crippen LogP contribution in [0.3, 0.4) is 0 Å². The van der Waals surface area contributed by atoms with Gasteiger partial charge in [0.1, 0.15) is 5.76 Å². The largest absolute Gasteiger partial charge is 0.425 e. The molecule has 1 aromatic carbocycles. The van der Waals surface area contributed by atoms with E-state index >= 15 is 0 Å². The summed E-state index contributed by atoms with van der Waals surface area (Å²) in [5, 5.41) is 0. The second kappa shape index (κ2) is 5.60. The Morgan fingerprint density at radius 3 is 2.57 bits per heavy atom. The maximum absolute atomic E-state index is 11.1. The molecule has 14 heavy (non-hydrogen) atoms. The number of benzene rings is 1. The third kappa shape index (κ3) is 3.00. The van der Waals surface area contributed by atoms with E-state index in [0.717, 1.165) is 5.56 Å². The predicted octanol–water partition coefficient (Wildman–Crippen LogP) is 3.33. The fourth-order valence-corrected chi connectivity index (χ4v) is 1.30. The van der Waals surface area contributed by atoms with Gasteiger partial charge in [0, 0.05) is 17.0 Å². The molecule has 74 valence electrons. The normalized spacial score (nSPS) is 11.1. The van der Waals surface area contributed by atoms with Crippen LogP contribution in [-0.2, 0) is 9.53 Å². The van der Waals surface area contributed by atoms with Crippen LogP contribution in [0.15, 0.2) is 35.3 Å². The van der Waals surface area contributed by atoms with E-state index in [-0.39, 0.29) is 5.97 Å². The molecular weight excluding hydrogens is 244 g/mol. The molecule has 0 saturated heterocycles. The highest BCUT2D eigenvalue weighted by Gasteiger charge is 2.05. The first kappa shape index (κ1) is 11.0. The standard InChI is InChI=1S/C11H11BrO2/c1-2-11(13)14-10(8-12)9-6-4-3-5-7-9/h3-8H,2H2,1H3/b10-8-. The van der Waals surface area contributed by atoms with Gasteiger partial charge in [-0.25, -0.2) is 0 Å². The molecule has 0 unspecified atom stereocenters. The topological polar surface area (TPSA) is 26.3 Å². The van der Waals surface area contributed by atoms with Crippen LogP contribution < -0.4 is 0 Å². The Labute approximate surface area is 91.7 Å². The molecule has 0 aliphatic carbocycles. The van der Waals surface area contributed by atoms with Gasteiger partial charge in [-0.1, -0.05) is 53.2 Å². The molecule has 0 bridgehead atoms. The molecule has 0 aliphatic heterocycles. The van der Waals surface area contributed by atoms with Gasteiger partial charge in [-0.15, -0.1) is 0 Å². The van der Waals surface area contributed by atoms with Crippen molar-refractivity contribution in [3.05, 3.63) is 40.9 Å². The lowest BCUT2D eigenvalue weighted by molar-refractivity contribution is -0.136. The summed E-state index contributed by atoms with van der Waals surface area (Å²) in [6.45, 7) is 1.76. The molecule has 1 rings (SSSR count). The second-order valence-electron chi connectivity index (χ2n) is 2.67. The maximum Gasteiger partial charge on any atom is 0.310 e. The van der Waals surface area contributed by atoms with Gasteiger partial charge in [-0.2, -0.15) is 0 Å². The summed E-state index contributed by atoms with van der Waals surface area (Å²) in [6, 6.07) is 9.47. The average molecular weight is 255 g/mol. The van der Waals surface area contributed by atoms with Crippen molar-refractivity contribution in [2.45, 2.75) is 13.3 Å². The maximum atomic E-state index is 11.1. The molecule has 0 heterocycles. The van der Waals surface area contributed by atoms with Gasteiger partial charge in [-0.3, -0.25) is 4.79 Å². The van der Waals surface area contributed by atoms with Crippen LogP contribution >= 0.6 is 15.9 Å². The van der Waals surface area contributed by atoms with Crippen LogP contribution in [0.5, 0.6) is 0 Å². The molecule has 0 fully saturated rings. The molecular formula is C11H11BrO2. The Morgan fingerprint density at radius 2 is 2.07 bits per heavy atom. The average Bonchev–Trinajstić information content (AvgIpc) is 2.26. The number of hydrogen-bond acceptors (Lipinski definition) is 2. The van der Waals surface area contributed by atoms with Crippen LogP contribution in [0.4, 0.5) is 0 Å². The second-order valence-corrected chi connectivity index (χ2v) is 3.12. The van der Waals surface area contributed by atoms with Gasteiger partial charge in [-0.05, 0) is 0 Å². The minimum absolute atomic E-state index is 0.237. The Kier molecular flexibility index (Phi) is 4.40. The number of halogens is 1. The molecule has 0 atom stereocenters. The zero-order valence-corrected chi connectivity index (χ0v) is 9.45. The van der Waals surface area contributed by atoms with Crippen LogP contribution in [0.1, 0.15) is 18.9 Å². The summed E-state index contributed by atoms with van der Waals surface area (Å²) in [7, 11) is 0. The third-order valence-electron chi connectivity index (χ3n) is 1.67. The van der Waals surface area contributed by atoms with Crippen molar-refractivity contribution in [1.29, 1.82) is 0 Å². The smallest absolute Gasteiger partial charge is 0.310 e. The quantitative estimate of drug-likeness (QED) is 0.611. The van der Waals surface area contributed by atoms with Crippen LogP contribution in [0, 0.1) is 0 Å². The Bertz CT molecular complexity index is 330. The Hall–Kier alpha value is -1.09. The van der Waals surface area contributed by atoms with Crippen molar-refractivity contribution in [1.82, 2.24) is 0 Å². The van der Waals surface area contributed by atoms with Crippen molar-refractivity contribution in [2.24, 2.45) is 0 Å². The van der Waals surface area contributed by atoms with E-state index in [1.807, 2.05) is 30.3 Å². The van der Waals surface area contributed by atoms with Gasteiger partial charge in [0.25, 0.3) is 0 Å². The highest BCUT2D eigenvalue weighted by atomic mass is 79.9. The number of hydrogen-bond donors (Lipinski definition) is 0.